The van der Waals surface area contributed by atoms with Crippen molar-refractivity contribution in [1.29, 1.82) is 0 Å². The molecule has 0 spiro atoms. The lowest BCUT2D eigenvalue weighted by Crippen LogP contribution is -2.52. The van der Waals surface area contributed by atoms with Crippen LogP contribution in [-0.4, -0.2) is 75.3 Å². The number of ether oxygens (including phenoxy) is 1. The Bertz CT molecular complexity index is 760. The first kappa shape index (κ1) is 23.2. The number of hydrogen-bond acceptors (Lipinski definition) is 9. The Morgan fingerprint density at radius 1 is 1.33 bits per heavy atom. The molecule has 1 aromatic heterocycles. The van der Waals surface area contributed by atoms with Crippen LogP contribution in [0.15, 0.2) is 0 Å². The Balaban J connectivity index is 1.79. The fourth-order valence-corrected chi connectivity index (χ4v) is 4.64. The molecular formula is C18H26ClN3O7S. The number of methoxy groups -OCH3 is 1. The van der Waals surface area contributed by atoms with Crippen LogP contribution in [0.1, 0.15) is 37.0 Å². The molecule has 4 atom stereocenters. The van der Waals surface area contributed by atoms with Gasteiger partial charge in [-0.05, 0) is 31.7 Å². The quantitative estimate of drug-likeness (QED) is 0.355. The Morgan fingerprint density at radius 2 is 2.07 bits per heavy atom. The summed E-state index contributed by atoms with van der Waals surface area (Å²) in [7, 11) is 1.46. The first-order chi connectivity index (χ1) is 14.3. The fraction of sp³-hybridized carbons (Fsp3) is 0.722. The van der Waals surface area contributed by atoms with E-state index >= 15 is 0 Å². The average Bonchev–Trinajstić information content (AvgIpc) is 3.45. The minimum absolute atomic E-state index is 0.0940. The second-order valence-corrected chi connectivity index (χ2v) is 9.03. The van der Waals surface area contributed by atoms with Gasteiger partial charge in [0.1, 0.15) is 5.15 Å². The van der Waals surface area contributed by atoms with E-state index in [9.17, 15) is 19.8 Å². The van der Waals surface area contributed by atoms with Crippen molar-refractivity contribution in [2.45, 2.75) is 62.9 Å². The van der Waals surface area contributed by atoms with E-state index in [-0.39, 0.29) is 23.8 Å². The molecule has 1 aliphatic carbocycles. The van der Waals surface area contributed by atoms with Crippen molar-refractivity contribution in [2.75, 3.05) is 13.7 Å². The van der Waals surface area contributed by atoms with Crippen molar-refractivity contribution in [2.24, 2.45) is 5.92 Å². The number of hydroxylamine groups is 2. The highest BCUT2D eigenvalue weighted by Crippen LogP contribution is 2.36. The van der Waals surface area contributed by atoms with Gasteiger partial charge in [-0.25, -0.2) is 9.59 Å². The van der Waals surface area contributed by atoms with Crippen molar-refractivity contribution in [1.82, 2.24) is 15.4 Å². The van der Waals surface area contributed by atoms with Crippen molar-refractivity contribution in [3.05, 3.63) is 10.0 Å². The van der Waals surface area contributed by atoms with Crippen LogP contribution in [0.25, 0.3) is 0 Å². The topological polar surface area (TPSA) is 141 Å². The van der Waals surface area contributed by atoms with Crippen LogP contribution in [0.5, 0.6) is 5.19 Å². The molecular weight excluding hydrogens is 438 g/mol. The number of halogens is 1. The third-order valence-corrected chi connectivity index (χ3v) is 6.75. The Kier molecular flexibility index (Phi) is 7.88. The van der Waals surface area contributed by atoms with E-state index in [1.54, 1.807) is 0 Å². The fourth-order valence-electron chi connectivity index (χ4n) is 3.59. The summed E-state index contributed by atoms with van der Waals surface area (Å²) in [5.74, 6) is -2.51. The molecule has 12 heteroatoms. The van der Waals surface area contributed by atoms with Gasteiger partial charge >= 0.3 is 11.9 Å². The van der Waals surface area contributed by atoms with Gasteiger partial charge in [0.05, 0.1) is 18.5 Å². The molecule has 3 rings (SSSR count). The highest BCUT2D eigenvalue weighted by molar-refractivity contribution is 7.13. The number of aromatic nitrogens is 1. The van der Waals surface area contributed by atoms with Gasteiger partial charge in [-0.15, -0.1) is 0 Å². The van der Waals surface area contributed by atoms with Gasteiger partial charge in [0.15, 0.2) is 6.10 Å². The molecule has 30 heavy (non-hydrogen) atoms. The van der Waals surface area contributed by atoms with Crippen molar-refractivity contribution >= 4 is 34.9 Å². The van der Waals surface area contributed by atoms with Gasteiger partial charge in [0, 0.05) is 12.1 Å². The monoisotopic (exact) mass is 463 g/mol. The second kappa shape index (κ2) is 10.2. The van der Waals surface area contributed by atoms with Crippen LogP contribution >= 0.6 is 22.9 Å². The number of aliphatic carboxylic acids is 2. The van der Waals surface area contributed by atoms with Gasteiger partial charge in [0.2, 0.25) is 6.10 Å². The van der Waals surface area contributed by atoms with E-state index in [1.807, 2.05) is 0 Å². The molecule has 4 N–H and O–H groups in total. The molecule has 10 nitrogen and oxygen atoms in total. The van der Waals surface area contributed by atoms with E-state index in [0.29, 0.717) is 22.9 Å². The highest BCUT2D eigenvalue weighted by Gasteiger charge is 2.39. The standard InChI is InChI=1S/C18H26ClN3O7S/c1-28-18-21-15(19)12(30-18)8-22(29-14(17(26)27)13(23)16(24)25)11-4-5-20-10(7-11)6-9-2-3-9/h9-11,13-14,20,23H,2-8H2,1H3,(H,24,25)(H,26,27). The first-order valence-corrected chi connectivity index (χ1v) is 11.0. The van der Waals surface area contributed by atoms with Crippen LogP contribution in [0.4, 0.5) is 0 Å². The number of aliphatic hydroxyl groups excluding tert-OH is 1. The smallest absolute Gasteiger partial charge is 0.338 e. The van der Waals surface area contributed by atoms with E-state index in [1.165, 1.54) is 36.4 Å². The molecule has 2 heterocycles. The van der Waals surface area contributed by atoms with E-state index < -0.39 is 24.1 Å². The second-order valence-electron chi connectivity index (χ2n) is 7.63. The Morgan fingerprint density at radius 3 is 2.63 bits per heavy atom. The summed E-state index contributed by atoms with van der Waals surface area (Å²) in [5, 5.41) is 33.8. The number of nitrogens with one attached hydrogen (secondary N) is 1. The van der Waals surface area contributed by atoms with Crippen LogP contribution in [0.3, 0.4) is 0 Å². The molecule has 1 saturated carbocycles. The minimum Gasteiger partial charge on any atom is -0.479 e. The van der Waals surface area contributed by atoms with E-state index in [0.717, 1.165) is 18.9 Å². The highest BCUT2D eigenvalue weighted by atomic mass is 35.5. The van der Waals surface area contributed by atoms with E-state index in [2.05, 4.69) is 10.3 Å². The van der Waals surface area contributed by atoms with Gasteiger partial charge in [-0.1, -0.05) is 35.8 Å². The van der Waals surface area contributed by atoms with Crippen molar-refractivity contribution < 1.29 is 34.5 Å². The SMILES string of the molecule is COc1nc(Cl)c(CN(OC(C(=O)O)C(O)C(=O)O)C2CCNC(CC3CC3)C2)s1. The van der Waals surface area contributed by atoms with Crippen molar-refractivity contribution in [3.63, 3.8) is 0 Å². The Labute approximate surface area is 182 Å². The minimum atomic E-state index is -2.21. The third-order valence-electron chi connectivity index (χ3n) is 5.33. The number of nitrogens with zero attached hydrogens (tertiary/aromatic N) is 2. The largest absolute Gasteiger partial charge is 0.479 e. The summed E-state index contributed by atoms with van der Waals surface area (Å²) in [5.41, 5.74) is 0. The number of rotatable bonds is 11. The van der Waals surface area contributed by atoms with Gasteiger partial charge < -0.3 is 25.4 Å². The maximum Gasteiger partial charge on any atom is 0.338 e. The normalized spacial score (nSPS) is 23.9. The Hall–Kier alpha value is -1.50. The molecule has 0 aromatic carbocycles. The summed E-state index contributed by atoms with van der Waals surface area (Å²) in [6.45, 7) is 0.817. The zero-order valence-electron chi connectivity index (χ0n) is 16.5. The number of carboxylic acids is 2. The summed E-state index contributed by atoms with van der Waals surface area (Å²) in [4.78, 5) is 33.1. The lowest BCUT2D eigenvalue weighted by atomic mass is 9.95. The maximum atomic E-state index is 11.6. The van der Waals surface area contributed by atoms with Crippen molar-refractivity contribution in [3.8, 4) is 5.19 Å². The maximum absolute atomic E-state index is 11.6. The van der Waals surface area contributed by atoms with Crippen LogP contribution in [0.2, 0.25) is 5.15 Å². The number of carbonyl (C=O) groups is 2. The summed E-state index contributed by atoms with van der Waals surface area (Å²) >= 11 is 7.38. The zero-order valence-corrected chi connectivity index (χ0v) is 18.1. The van der Waals surface area contributed by atoms with Gasteiger partial charge in [-0.2, -0.15) is 10.0 Å². The number of thiazole rings is 1. The average molecular weight is 464 g/mol. The number of aliphatic hydroxyl groups is 1. The van der Waals surface area contributed by atoms with Crippen LogP contribution < -0.4 is 10.1 Å². The molecule has 2 aliphatic rings. The molecule has 1 saturated heterocycles. The predicted octanol–water partition coefficient (Wildman–Crippen LogP) is 1.36. The van der Waals surface area contributed by atoms with Crippen LogP contribution in [-0.2, 0) is 21.0 Å². The molecule has 4 unspecified atom stereocenters. The molecule has 0 bridgehead atoms. The summed E-state index contributed by atoms with van der Waals surface area (Å²) in [6, 6.07) is 0.0866. The van der Waals surface area contributed by atoms with E-state index in [4.69, 9.17) is 26.3 Å². The number of hydrogen-bond donors (Lipinski definition) is 4. The lowest BCUT2D eigenvalue weighted by molar-refractivity contribution is -0.254. The van der Waals surface area contributed by atoms with Gasteiger partial charge in [-0.3, -0.25) is 4.84 Å². The number of piperidine rings is 1. The third kappa shape index (κ3) is 6.02. The lowest BCUT2D eigenvalue weighted by Gasteiger charge is -2.38. The first-order valence-electron chi connectivity index (χ1n) is 9.78. The summed E-state index contributed by atoms with van der Waals surface area (Å²) < 4.78 is 5.10. The van der Waals surface area contributed by atoms with Crippen LogP contribution in [0, 0.1) is 5.92 Å². The molecule has 168 valence electrons. The molecule has 0 amide bonds. The zero-order chi connectivity index (χ0) is 21.8. The molecule has 1 aromatic rings. The molecule has 2 fully saturated rings. The predicted molar refractivity (Wildman–Crippen MR) is 108 cm³/mol. The molecule has 1 aliphatic heterocycles. The number of carboxylic acid groups (broad SMARTS) is 2. The summed E-state index contributed by atoms with van der Waals surface area (Å²) in [6.07, 6.45) is 0.716. The molecule has 0 radical (unpaired) electrons. The van der Waals surface area contributed by atoms with Gasteiger partial charge in [0.25, 0.3) is 5.19 Å².